The Labute approximate surface area is 161 Å². The van der Waals surface area contributed by atoms with Crippen LogP contribution in [0.25, 0.3) is 0 Å². The molecule has 5 nitrogen and oxygen atoms in total. The monoisotopic (exact) mass is 389 g/mol. The summed E-state index contributed by atoms with van der Waals surface area (Å²) in [7, 11) is -3.44. The molecule has 0 saturated heterocycles. The molecule has 0 spiro atoms. The first-order valence-electron chi connectivity index (χ1n) is 9.32. The zero-order valence-electron chi connectivity index (χ0n) is 15.8. The Hall–Kier alpha value is -1.89. The van der Waals surface area contributed by atoms with E-state index < -0.39 is 26.9 Å². The molecule has 27 heavy (non-hydrogen) atoms. The Bertz CT molecular complexity index is 850. The van der Waals surface area contributed by atoms with Gasteiger partial charge in [0.25, 0.3) is 0 Å². The average molecular weight is 390 g/mol. The summed E-state index contributed by atoms with van der Waals surface area (Å²) in [5, 5.41) is 10.7. The van der Waals surface area contributed by atoms with Crippen molar-refractivity contribution in [2.45, 2.75) is 56.6 Å². The van der Waals surface area contributed by atoms with E-state index in [1.165, 1.54) is 0 Å². The van der Waals surface area contributed by atoms with Gasteiger partial charge in [-0.15, -0.1) is 0 Å². The Morgan fingerprint density at radius 1 is 1.15 bits per heavy atom. The molecule has 1 fully saturated rings. The molecule has 0 radical (unpaired) electrons. The van der Waals surface area contributed by atoms with Crippen molar-refractivity contribution in [2.75, 3.05) is 0 Å². The Morgan fingerprint density at radius 2 is 1.81 bits per heavy atom. The molecule has 3 rings (SSSR count). The van der Waals surface area contributed by atoms with Gasteiger partial charge in [-0.1, -0.05) is 42.5 Å². The second-order valence-corrected chi connectivity index (χ2v) is 9.65. The summed E-state index contributed by atoms with van der Waals surface area (Å²) in [6, 6.07) is 16.7. The maximum absolute atomic E-state index is 12.2. The van der Waals surface area contributed by atoms with Crippen LogP contribution in [0, 0.1) is 0 Å². The molecule has 0 amide bonds. The van der Waals surface area contributed by atoms with Gasteiger partial charge in [-0.2, -0.15) is 0 Å². The lowest BCUT2D eigenvalue weighted by molar-refractivity contribution is 0.0230. The van der Waals surface area contributed by atoms with Crippen molar-refractivity contribution in [2.24, 2.45) is 0 Å². The molecular formula is C21H27NO4S. The highest BCUT2D eigenvalue weighted by Gasteiger charge is 2.44. The number of rotatable bonds is 7. The maximum Gasteiger partial charge on any atom is 0.214 e. The summed E-state index contributed by atoms with van der Waals surface area (Å²) in [6.07, 6.45) is 1.92. The highest BCUT2D eigenvalue weighted by Crippen LogP contribution is 2.40. The van der Waals surface area contributed by atoms with Crippen LogP contribution < -0.4 is 9.46 Å². The van der Waals surface area contributed by atoms with Gasteiger partial charge in [-0.05, 0) is 56.4 Å². The lowest BCUT2D eigenvalue weighted by atomic mass is 9.89. The zero-order chi connectivity index (χ0) is 19.5. The van der Waals surface area contributed by atoms with E-state index in [4.69, 9.17) is 4.74 Å². The number of hydrogen-bond acceptors (Lipinski definition) is 4. The van der Waals surface area contributed by atoms with Gasteiger partial charge in [-0.25, -0.2) is 13.1 Å². The van der Waals surface area contributed by atoms with Crippen molar-refractivity contribution in [1.82, 2.24) is 4.72 Å². The summed E-state index contributed by atoms with van der Waals surface area (Å²) < 4.78 is 33.0. The smallest absolute Gasteiger partial charge is 0.214 e. The molecule has 2 atom stereocenters. The normalized spacial score (nSPS) is 22.9. The number of hydrogen-bond donors (Lipinski definition) is 2. The van der Waals surface area contributed by atoms with E-state index in [1.807, 2.05) is 54.6 Å². The molecule has 0 aliphatic heterocycles. The number of ether oxygens (including phenoxy) is 1. The van der Waals surface area contributed by atoms with Crippen molar-refractivity contribution in [3.05, 3.63) is 65.7 Å². The summed E-state index contributed by atoms with van der Waals surface area (Å²) in [4.78, 5) is 0. The predicted molar refractivity (Wildman–Crippen MR) is 106 cm³/mol. The highest BCUT2D eigenvalue weighted by molar-refractivity contribution is 7.90. The lowest BCUT2D eigenvalue weighted by Crippen LogP contribution is -2.48. The topological polar surface area (TPSA) is 75.6 Å². The molecule has 0 unspecified atom stereocenters. The minimum atomic E-state index is -3.44. The molecular weight excluding hydrogens is 362 g/mol. The van der Waals surface area contributed by atoms with E-state index >= 15 is 0 Å². The fourth-order valence-corrected chi connectivity index (χ4v) is 4.39. The van der Waals surface area contributed by atoms with Gasteiger partial charge in [0.2, 0.25) is 10.0 Å². The van der Waals surface area contributed by atoms with Crippen LogP contribution in [0.1, 0.15) is 44.2 Å². The first-order valence-corrected chi connectivity index (χ1v) is 10.9. The molecule has 1 aliphatic carbocycles. The molecule has 146 valence electrons. The van der Waals surface area contributed by atoms with Crippen LogP contribution >= 0.6 is 0 Å². The third kappa shape index (κ3) is 4.51. The molecule has 0 aromatic heterocycles. The van der Waals surface area contributed by atoms with E-state index in [0.717, 1.165) is 12.0 Å². The number of sulfonamides is 1. The number of nitrogens with one attached hydrogen (secondary N) is 1. The highest BCUT2D eigenvalue weighted by atomic mass is 32.2. The molecule has 2 aromatic rings. The van der Waals surface area contributed by atoms with Gasteiger partial charge in [-0.3, -0.25) is 0 Å². The molecule has 2 N–H and O–H groups in total. The zero-order valence-corrected chi connectivity index (χ0v) is 16.6. The van der Waals surface area contributed by atoms with Gasteiger partial charge < -0.3 is 9.84 Å². The number of benzene rings is 2. The van der Waals surface area contributed by atoms with Crippen molar-refractivity contribution in [3.8, 4) is 5.75 Å². The van der Waals surface area contributed by atoms with Gasteiger partial charge in [0.1, 0.15) is 18.0 Å². The van der Waals surface area contributed by atoms with E-state index in [-0.39, 0.29) is 0 Å². The molecule has 2 aromatic carbocycles. The fraction of sp³-hybridized carbons (Fsp3) is 0.429. The fourth-order valence-electron chi connectivity index (χ4n) is 3.41. The Morgan fingerprint density at radius 3 is 2.44 bits per heavy atom. The summed E-state index contributed by atoms with van der Waals surface area (Å²) >= 11 is 0. The minimum absolute atomic E-state index is 0.473. The van der Waals surface area contributed by atoms with Crippen LogP contribution in [0.5, 0.6) is 5.75 Å². The third-order valence-electron chi connectivity index (χ3n) is 5.16. The first-order chi connectivity index (χ1) is 12.8. The molecule has 6 heteroatoms. The van der Waals surface area contributed by atoms with Gasteiger partial charge in [0, 0.05) is 0 Å². The molecule has 0 heterocycles. The first kappa shape index (κ1) is 19.9. The van der Waals surface area contributed by atoms with Crippen LogP contribution in [-0.4, -0.2) is 24.8 Å². The van der Waals surface area contributed by atoms with E-state index in [0.29, 0.717) is 30.8 Å². The third-order valence-corrected chi connectivity index (χ3v) is 7.01. The van der Waals surface area contributed by atoms with E-state index in [2.05, 4.69) is 4.72 Å². The maximum atomic E-state index is 12.2. The molecule has 1 saturated carbocycles. The largest absolute Gasteiger partial charge is 0.489 e. The summed E-state index contributed by atoms with van der Waals surface area (Å²) in [6.45, 7) is 3.74. The van der Waals surface area contributed by atoms with Crippen LogP contribution in [0.4, 0.5) is 0 Å². The SMILES string of the molecule is CC(C)S(=O)(=O)N[C@@H]1CCC[C@@]1(O)c1ccc(OCc2ccccc2)cc1. The molecule has 0 bridgehead atoms. The van der Waals surface area contributed by atoms with Crippen LogP contribution in [0.3, 0.4) is 0 Å². The van der Waals surface area contributed by atoms with Gasteiger partial charge in [0.15, 0.2) is 0 Å². The van der Waals surface area contributed by atoms with E-state index in [1.54, 1.807) is 13.8 Å². The predicted octanol–water partition coefficient (Wildman–Crippen LogP) is 3.33. The lowest BCUT2D eigenvalue weighted by Gasteiger charge is -2.31. The van der Waals surface area contributed by atoms with Crippen LogP contribution in [0.2, 0.25) is 0 Å². The van der Waals surface area contributed by atoms with Crippen LogP contribution in [-0.2, 0) is 22.2 Å². The number of aliphatic hydroxyl groups is 1. The minimum Gasteiger partial charge on any atom is -0.489 e. The quantitative estimate of drug-likeness (QED) is 0.762. The van der Waals surface area contributed by atoms with Crippen molar-refractivity contribution < 1.29 is 18.3 Å². The average Bonchev–Trinajstić information content (AvgIpc) is 3.02. The van der Waals surface area contributed by atoms with Crippen molar-refractivity contribution >= 4 is 10.0 Å². The van der Waals surface area contributed by atoms with E-state index in [9.17, 15) is 13.5 Å². The second kappa shape index (κ2) is 8.00. The van der Waals surface area contributed by atoms with Gasteiger partial charge >= 0.3 is 0 Å². The standard InChI is InChI=1S/C21H27NO4S/c1-16(2)27(24,25)22-20-9-6-14-21(20,23)18-10-12-19(13-11-18)26-15-17-7-4-3-5-8-17/h3-5,7-8,10-13,16,20,22-23H,6,9,14-15H2,1-2H3/t20-,21-/m1/s1. The van der Waals surface area contributed by atoms with Gasteiger partial charge in [0.05, 0.1) is 11.3 Å². The summed E-state index contributed by atoms with van der Waals surface area (Å²) in [5.74, 6) is 0.712. The van der Waals surface area contributed by atoms with Crippen molar-refractivity contribution in [1.29, 1.82) is 0 Å². The second-order valence-electron chi connectivity index (χ2n) is 7.38. The van der Waals surface area contributed by atoms with Crippen LogP contribution in [0.15, 0.2) is 54.6 Å². The Balaban J connectivity index is 1.71. The Kier molecular flexibility index (Phi) is 5.89. The summed E-state index contributed by atoms with van der Waals surface area (Å²) in [5.41, 5.74) is 0.600. The van der Waals surface area contributed by atoms with Crippen molar-refractivity contribution in [3.63, 3.8) is 0 Å². The molecule has 1 aliphatic rings.